The SMILES string of the molecule is Cc1ccc2cc(C#N)c(N3CCOCC3)nc2c1C. The molecule has 102 valence electrons. The Hall–Kier alpha value is -2.12. The Morgan fingerprint density at radius 3 is 2.70 bits per heavy atom. The summed E-state index contributed by atoms with van der Waals surface area (Å²) in [5, 5.41) is 10.4. The van der Waals surface area contributed by atoms with Gasteiger partial charge in [-0.3, -0.25) is 0 Å². The summed E-state index contributed by atoms with van der Waals surface area (Å²) in [6.07, 6.45) is 0. The van der Waals surface area contributed by atoms with Gasteiger partial charge in [0.25, 0.3) is 0 Å². The van der Waals surface area contributed by atoms with Gasteiger partial charge in [0.2, 0.25) is 0 Å². The van der Waals surface area contributed by atoms with Gasteiger partial charge >= 0.3 is 0 Å². The summed E-state index contributed by atoms with van der Waals surface area (Å²) in [7, 11) is 0. The molecule has 20 heavy (non-hydrogen) atoms. The van der Waals surface area contributed by atoms with E-state index in [9.17, 15) is 5.26 Å². The number of hydrogen-bond acceptors (Lipinski definition) is 4. The topological polar surface area (TPSA) is 49.2 Å². The van der Waals surface area contributed by atoms with Gasteiger partial charge in [-0.15, -0.1) is 0 Å². The van der Waals surface area contributed by atoms with Crippen LogP contribution in [0.5, 0.6) is 0 Å². The van der Waals surface area contributed by atoms with Crippen molar-refractivity contribution in [2.24, 2.45) is 0 Å². The first kappa shape index (κ1) is 12.9. The van der Waals surface area contributed by atoms with Gasteiger partial charge in [0.1, 0.15) is 11.9 Å². The number of rotatable bonds is 1. The van der Waals surface area contributed by atoms with Gasteiger partial charge in [0, 0.05) is 18.5 Å². The van der Waals surface area contributed by atoms with Crippen LogP contribution < -0.4 is 4.90 Å². The van der Waals surface area contributed by atoms with Crippen LogP contribution in [0.25, 0.3) is 10.9 Å². The lowest BCUT2D eigenvalue weighted by molar-refractivity contribution is 0.122. The molecule has 1 saturated heterocycles. The minimum absolute atomic E-state index is 0.641. The molecule has 0 aliphatic carbocycles. The zero-order valence-electron chi connectivity index (χ0n) is 11.8. The van der Waals surface area contributed by atoms with Gasteiger partial charge in [-0.25, -0.2) is 4.98 Å². The average molecular weight is 267 g/mol. The number of nitriles is 1. The Morgan fingerprint density at radius 2 is 2.00 bits per heavy atom. The van der Waals surface area contributed by atoms with Crippen molar-refractivity contribution in [3.05, 3.63) is 34.9 Å². The Labute approximate surface area is 118 Å². The molecule has 4 nitrogen and oxygen atoms in total. The summed E-state index contributed by atoms with van der Waals surface area (Å²) < 4.78 is 5.37. The summed E-state index contributed by atoms with van der Waals surface area (Å²) in [5.74, 6) is 0.789. The Morgan fingerprint density at radius 1 is 1.25 bits per heavy atom. The Kier molecular flexibility index (Phi) is 3.29. The lowest BCUT2D eigenvalue weighted by Gasteiger charge is -2.28. The molecule has 1 aromatic carbocycles. The zero-order valence-corrected chi connectivity index (χ0v) is 11.8. The molecule has 2 heterocycles. The van der Waals surface area contributed by atoms with E-state index in [1.807, 2.05) is 12.1 Å². The van der Waals surface area contributed by atoms with E-state index in [4.69, 9.17) is 9.72 Å². The van der Waals surface area contributed by atoms with Crippen molar-refractivity contribution >= 4 is 16.7 Å². The molecule has 3 rings (SSSR count). The highest BCUT2D eigenvalue weighted by Crippen LogP contribution is 2.27. The molecule has 1 aromatic heterocycles. The maximum atomic E-state index is 9.38. The second-order valence-corrected chi connectivity index (χ2v) is 5.15. The lowest BCUT2D eigenvalue weighted by atomic mass is 10.0. The largest absolute Gasteiger partial charge is 0.378 e. The minimum Gasteiger partial charge on any atom is -0.378 e. The van der Waals surface area contributed by atoms with Gasteiger partial charge in [-0.05, 0) is 31.0 Å². The number of aryl methyl sites for hydroxylation is 2. The normalized spacial score (nSPS) is 15.3. The molecular formula is C16H17N3O. The van der Waals surface area contributed by atoms with Crippen molar-refractivity contribution in [1.82, 2.24) is 4.98 Å². The molecule has 0 atom stereocenters. The van der Waals surface area contributed by atoms with Gasteiger partial charge < -0.3 is 9.64 Å². The molecule has 0 N–H and O–H groups in total. The van der Waals surface area contributed by atoms with Gasteiger partial charge in [-0.1, -0.05) is 12.1 Å². The van der Waals surface area contributed by atoms with Crippen LogP contribution >= 0.6 is 0 Å². The molecule has 4 heteroatoms. The van der Waals surface area contributed by atoms with Crippen LogP contribution in [0.2, 0.25) is 0 Å². The summed E-state index contributed by atoms with van der Waals surface area (Å²) >= 11 is 0. The predicted molar refractivity (Wildman–Crippen MR) is 79.0 cm³/mol. The summed E-state index contributed by atoms with van der Waals surface area (Å²) in [5.41, 5.74) is 4.04. The maximum absolute atomic E-state index is 9.38. The van der Waals surface area contributed by atoms with Gasteiger partial charge in [0.05, 0.1) is 24.3 Å². The molecule has 0 saturated carbocycles. The summed E-state index contributed by atoms with van der Waals surface area (Å²) in [6, 6.07) is 8.33. The van der Waals surface area contributed by atoms with Crippen LogP contribution in [-0.4, -0.2) is 31.3 Å². The molecular weight excluding hydrogens is 250 g/mol. The van der Waals surface area contributed by atoms with E-state index in [1.54, 1.807) is 0 Å². The fraction of sp³-hybridized carbons (Fsp3) is 0.375. The van der Waals surface area contributed by atoms with Crippen molar-refractivity contribution in [1.29, 1.82) is 5.26 Å². The van der Waals surface area contributed by atoms with Crippen molar-refractivity contribution in [2.75, 3.05) is 31.2 Å². The van der Waals surface area contributed by atoms with E-state index in [1.165, 1.54) is 11.1 Å². The number of aromatic nitrogens is 1. The molecule has 0 spiro atoms. The van der Waals surface area contributed by atoms with Crippen LogP contribution in [0.4, 0.5) is 5.82 Å². The van der Waals surface area contributed by atoms with Crippen LogP contribution in [0.3, 0.4) is 0 Å². The van der Waals surface area contributed by atoms with E-state index >= 15 is 0 Å². The van der Waals surface area contributed by atoms with Crippen molar-refractivity contribution in [3.63, 3.8) is 0 Å². The highest BCUT2D eigenvalue weighted by Gasteiger charge is 2.18. The smallest absolute Gasteiger partial charge is 0.147 e. The highest BCUT2D eigenvalue weighted by molar-refractivity contribution is 5.86. The Bertz CT molecular complexity index is 697. The standard InChI is InChI=1S/C16H17N3O/c1-11-3-4-13-9-14(10-17)16(18-15(13)12(11)2)19-5-7-20-8-6-19/h3-4,9H,5-8H2,1-2H3. The third-order valence-electron chi connectivity index (χ3n) is 3.92. The van der Waals surface area contributed by atoms with E-state index in [-0.39, 0.29) is 0 Å². The third-order valence-corrected chi connectivity index (χ3v) is 3.92. The molecule has 1 fully saturated rings. The van der Waals surface area contributed by atoms with Gasteiger partial charge in [0.15, 0.2) is 0 Å². The summed E-state index contributed by atoms with van der Waals surface area (Å²) in [4.78, 5) is 6.92. The van der Waals surface area contributed by atoms with Crippen molar-refractivity contribution in [3.8, 4) is 6.07 Å². The van der Waals surface area contributed by atoms with E-state index in [0.29, 0.717) is 18.8 Å². The monoisotopic (exact) mass is 267 g/mol. The number of benzene rings is 1. The first-order chi connectivity index (χ1) is 9.70. The number of pyridine rings is 1. The number of anilines is 1. The quantitative estimate of drug-likeness (QED) is 0.796. The fourth-order valence-corrected chi connectivity index (χ4v) is 2.57. The second kappa shape index (κ2) is 5.10. The van der Waals surface area contributed by atoms with E-state index < -0.39 is 0 Å². The molecule has 0 unspecified atom stereocenters. The third kappa shape index (κ3) is 2.10. The number of nitrogens with zero attached hydrogens (tertiary/aromatic N) is 3. The van der Waals surface area contributed by atoms with Crippen LogP contribution in [-0.2, 0) is 4.74 Å². The average Bonchev–Trinajstić information content (AvgIpc) is 2.51. The second-order valence-electron chi connectivity index (χ2n) is 5.15. The first-order valence-electron chi connectivity index (χ1n) is 6.84. The number of fused-ring (bicyclic) bond motifs is 1. The fourth-order valence-electron chi connectivity index (χ4n) is 2.57. The molecule has 0 amide bonds. The van der Waals surface area contributed by atoms with Crippen LogP contribution in [0.15, 0.2) is 18.2 Å². The molecule has 0 bridgehead atoms. The van der Waals surface area contributed by atoms with E-state index in [2.05, 4.69) is 30.9 Å². The van der Waals surface area contributed by atoms with Gasteiger partial charge in [-0.2, -0.15) is 5.26 Å². The van der Waals surface area contributed by atoms with Crippen LogP contribution in [0, 0.1) is 25.2 Å². The molecule has 1 aliphatic rings. The Balaban J connectivity index is 2.19. The molecule has 1 aliphatic heterocycles. The summed E-state index contributed by atoms with van der Waals surface area (Å²) in [6.45, 7) is 7.13. The first-order valence-corrected chi connectivity index (χ1v) is 6.84. The minimum atomic E-state index is 0.641. The number of ether oxygens (including phenoxy) is 1. The molecule has 0 radical (unpaired) electrons. The predicted octanol–water partition coefficient (Wildman–Crippen LogP) is 2.56. The van der Waals surface area contributed by atoms with Crippen molar-refractivity contribution in [2.45, 2.75) is 13.8 Å². The van der Waals surface area contributed by atoms with Crippen LogP contribution in [0.1, 0.15) is 16.7 Å². The van der Waals surface area contributed by atoms with Crippen molar-refractivity contribution < 1.29 is 4.74 Å². The maximum Gasteiger partial charge on any atom is 0.147 e. The highest BCUT2D eigenvalue weighted by atomic mass is 16.5. The lowest BCUT2D eigenvalue weighted by Crippen LogP contribution is -2.37. The zero-order chi connectivity index (χ0) is 14.1. The number of morpholine rings is 1. The number of hydrogen-bond donors (Lipinski definition) is 0. The van der Waals surface area contributed by atoms with E-state index in [0.717, 1.165) is 29.8 Å². The molecule has 2 aromatic rings.